The second kappa shape index (κ2) is 12.5. The maximum absolute atomic E-state index is 15.0. The highest BCUT2D eigenvalue weighted by Gasteiger charge is 2.50. The number of hydrogen-bond acceptors (Lipinski definition) is 11. The van der Waals surface area contributed by atoms with Gasteiger partial charge in [0.15, 0.2) is 11.6 Å². The second-order valence-electron chi connectivity index (χ2n) is 12.8. The number of anilines is 2. The molecule has 1 atom stereocenters. The number of ether oxygens (including phenoxy) is 2. The highest BCUT2D eigenvalue weighted by Crippen LogP contribution is 2.57. The van der Waals surface area contributed by atoms with Crippen molar-refractivity contribution in [3.8, 4) is 11.5 Å². The van der Waals surface area contributed by atoms with Gasteiger partial charge in [0.1, 0.15) is 33.3 Å². The fourth-order valence-electron chi connectivity index (χ4n) is 5.76. The maximum atomic E-state index is 15.0. The lowest BCUT2D eigenvalue weighted by Crippen LogP contribution is -2.53. The minimum atomic E-state index is -3.95. The lowest BCUT2D eigenvalue weighted by Gasteiger charge is -2.42. The van der Waals surface area contributed by atoms with E-state index >= 15 is 0 Å². The van der Waals surface area contributed by atoms with Crippen molar-refractivity contribution < 1.29 is 36.9 Å². The van der Waals surface area contributed by atoms with Crippen molar-refractivity contribution in [1.82, 2.24) is 5.32 Å². The number of ketones is 1. The Morgan fingerprint density at radius 2 is 1.74 bits per heavy atom. The number of rotatable bonds is 10. The van der Waals surface area contributed by atoms with Gasteiger partial charge in [0.05, 0.1) is 31.9 Å². The van der Waals surface area contributed by atoms with Crippen LogP contribution in [-0.4, -0.2) is 54.7 Å². The maximum Gasteiger partial charge on any atom is 0.229 e. The number of carbonyl (C=O) groups is 1. The van der Waals surface area contributed by atoms with E-state index in [0.29, 0.717) is 35.5 Å². The summed E-state index contributed by atoms with van der Waals surface area (Å²) in [6.07, 6.45) is 1.92. The van der Waals surface area contributed by atoms with Crippen molar-refractivity contribution in [1.29, 1.82) is 0 Å². The Bertz CT molecular complexity index is 1900. The van der Waals surface area contributed by atoms with Gasteiger partial charge in [-0.15, -0.1) is 4.40 Å². The predicted octanol–water partition coefficient (Wildman–Crippen LogP) is 6.29. The summed E-state index contributed by atoms with van der Waals surface area (Å²) >= 11 is 0. The number of amidine groups is 1. The molecule has 0 fully saturated rings. The standard InChI is InChI=1S/C33H40N4O8S2/c1-32(2,3)15-16-33(34-19-20-17-22(44-4)12-14-26(20)45-5)24-10-8-7-9-23(24)29(38)28(30(33)39)31-35-25-13-11-21(36-46(6,40)41)18-27(25)47(42,43)37-31/h7-14,17-18,34,36,38,42-43H,15-16,19H2,1-6H3,(H,35,37). The van der Waals surface area contributed by atoms with Crippen molar-refractivity contribution in [3.05, 3.63) is 82.9 Å². The van der Waals surface area contributed by atoms with Crippen LogP contribution in [-0.2, 0) is 26.9 Å². The predicted molar refractivity (Wildman–Crippen MR) is 185 cm³/mol. The minimum absolute atomic E-state index is 0.0686. The Kier molecular flexibility index (Phi) is 9.12. The van der Waals surface area contributed by atoms with E-state index in [1.54, 1.807) is 50.6 Å². The summed E-state index contributed by atoms with van der Waals surface area (Å²) in [4.78, 5) is 14.9. The van der Waals surface area contributed by atoms with Crippen LogP contribution in [0.3, 0.4) is 0 Å². The molecule has 1 aliphatic carbocycles. The van der Waals surface area contributed by atoms with Crippen LogP contribution in [0.4, 0.5) is 11.4 Å². The number of fused-ring (bicyclic) bond motifs is 2. The van der Waals surface area contributed by atoms with Gasteiger partial charge in [0.25, 0.3) is 0 Å². The molecule has 0 saturated heterocycles. The van der Waals surface area contributed by atoms with Crippen molar-refractivity contribution >= 4 is 49.6 Å². The molecule has 2 aliphatic rings. The third kappa shape index (κ3) is 6.97. The smallest absolute Gasteiger partial charge is 0.229 e. The number of hydrogen-bond donors (Lipinski definition) is 6. The van der Waals surface area contributed by atoms with Crippen LogP contribution in [0.2, 0.25) is 0 Å². The highest BCUT2D eigenvalue weighted by atomic mass is 32.3. The van der Waals surface area contributed by atoms with E-state index in [-0.39, 0.29) is 45.4 Å². The zero-order valence-corrected chi connectivity index (χ0v) is 28.7. The lowest BCUT2D eigenvalue weighted by atomic mass is 9.69. The summed E-state index contributed by atoms with van der Waals surface area (Å²) in [6, 6.07) is 16.6. The molecule has 0 aromatic heterocycles. The molecule has 3 aromatic rings. The van der Waals surface area contributed by atoms with E-state index in [2.05, 4.69) is 40.5 Å². The van der Waals surface area contributed by atoms with Crippen molar-refractivity contribution in [3.63, 3.8) is 0 Å². The van der Waals surface area contributed by atoms with Crippen LogP contribution in [0.5, 0.6) is 11.5 Å². The molecule has 12 nitrogen and oxygen atoms in total. The summed E-state index contributed by atoms with van der Waals surface area (Å²) in [5.41, 5.74) is 0.223. The average molecular weight is 685 g/mol. The van der Waals surface area contributed by atoms with E-state index < -0.39 is 32.1 Å². The normalized spacial score (nSPS) is 19.6. The van der Waals surface area contributed by atoms with E-state index in [0.717, 1.165) is 11.8 Å². The van der Waals surface area contributed by atoms with Crippen LogP contribution >= 0.6 is 10.8 Å². The summed E-state index contributed by atoms with van der Waals surface area (Å²) < 4.78 is 63.5. The number of aliphatic hydroxyl groups excluding tert-OH is 1. The fraction of sp³-hybridized carbons (Fsp3) is 0.333. The average Bonchev–Trinajstić information content (AvgIpc) is 2.99. The molecule has 252 valence electrons. The van der Waals surface area contributed by atoms with Crippen LogP contribution in [0.15, 0.2) is 75.5 Å². The van der Waals surface area contributed by atoms with Crippen LogP contribution < -0.4 is 24.8 Å². The van der Waals surface area contributed by atoms with Gasteiger partial charge < -0.3 is 19.9 Å². The third-order valence-electron chi connectivity index (χ3n) is 8.10. The first-order valence-corrected chi connectivity index (χ1v) is 18.2. The summed E-state index contributed by atoms with van der Waals surface area (Å²) in [7, 11) is -4.46. The number of sulfonamides is 1. The molecule has 1 aliphatic heterocycles. The van der Waals surface area contributed by atoms with Crippen molar-refractivity contribution in [2.45, 2.75) is 50.6 Å². The van der Waals surface area contributed by atoms with Gasteiger partial charge >= 0.3 is 0 Å². The molecule has 5 rings (SSSR count). The molecule has 0 saturated carbocycles. The molecule has 0 radical (unpaired) electrons. The Morgan fingerprint density at radius 3 is 2.40 bits per heavy atom. The van der Waals surface area contributed by atoms with Crippen LogP contribution in [0, 0.1) is 5.41 Å². The fourth-order valence-corrected chi connectivity index (χ4v) is 7.51. The summed E-state index contributed by atoms with van der Waals surface area (Å²) in [5.74, 6) is 0.102. The molecule has 1 heterocycles. The molecule has 1 unspecified atom stereocenters. The molecular weight excluding hydrogens is 645 g/mol. The van der Waals surface area contributed by atoms with Crippen LogP contribution in [0.1, 0.15) is 50.3 Å². The first-order valence-electron chi connectivity index (χ1n) is 14.8. The van der Waals surface area contributed by atoms with Gasteiger partial charge in [-0.1, -0.05) is 55.8 Å². The van der Waals surface area contributed by atoms with E-state index in [9.17, 15) is 27.4 Å². The number of Topliss-reactive ketones (excluding diaryl/α,β-unsaturated/α-hetero) is 1. The third-order valence-corrected chi connectivity index (χ3v) is 10.1. The van der Waals surface area contributed by atoms with Crippen LogP contribution in [0.25, 0.3) is 5.76 Å². The Balaban J connectivity index is 1.64. The Labute approximate surface area is 276 Å². The topological polar surface area (TPSA) is 179 Å². The van der Waals surface area contributed by atoms with E-state index in [4.69, 9.17) is 9.47 Å². The van der Waals surface area contributed by atoms with E-state index in [1.807, 2.05) is 6.07 Å². The molecule has 14 heteroatoms. The summed E-state index contributed by atoms with van der Waals surface area (Å²) in [5, 5.41) is 18.2. The lowest BCUT2D eigenvalue weighted by molar-refractivity contribution is -0.122. The summed E-state index contributed by atoms with van der Waals surface area (Å²) in [6.45, 7) is 6.41. The Hall–Kier alpha value is -4.08. The molecule has 47 heavy (non-hydrogen) atoms. The zero-order valence-electron chi connectivity index (χ0n) is 27.0. The molecule has 0 spiro atoms. The van der Waals surface area contributed by atoms with Gasteiger partial charge in [-0.3, -0.25) is 23.9 Å². The quantitative estimate of drug-likeness (QED) is 0.142. The van der Waals surface area contributed by atoms with Gasteiger partial charge in [-0.25, -0.2) is 8.42 Å². The molecule has 0 amide bonds. The van der Waals surface area contributed by atoms with Gasteiger partial charge in [-0.05, 0) is 60.2 Å². The second-order valence-corrected chi connectivity index (χ2v) is 16.2. The number of carbonyl (C=O) groups excluding carboxylic acids is 1. The number of aliphatic hydroxyl groups is 1. The zero-order chi connectivity index (χ0) is 34.4. The Morgan fingerprint density at radius 1 is 1.02 bits per heavy atom. The van der Waals surface area contributed by atoms with E-state index in [1.165, 1.54) is 18.2 Å². The minimum Gasteiger partial charge on any atom is -0.506 e. The SMILES string of the molecule is COc1ccc(OC)c(CNC2(CCC(C)(C)C)C(=O)C(C3=NS(O)(O)c4cc(NS(C)(=O)=O)ccc4N3)=C(O)c3ccccc32)c1. The number of nitrogens with one attached hydrogen (secondary N) is 3. The molecule has 0 bridgehead atoms. The van der Waals surface area contributed by atoms with Gasteiger partial charge in [-0.2, -0.15) is 0 Å². The monoisotopic (exact) mass is 684 g/mol. The number of methoxy groups -OCH3 is 2. The van der Waals surface area contributed by atoms with Gasteiger partial charge in [0.2, 0.25) is 10.0 Å². The van der Waals surface area contributed by atoms with Gasteiger partial charge in [0, 0.05) is 17.7 Å². The largest absolute Gasteiger partial charge is 0.506 e. The first kappa shape index (κ1) is 34.3. The van der Waals surface area contributed by atoms with Crippen molar-refractivity contribution in [2.75, 3.05) is 30.5 Å². The number of nitrogens with zero attached hydrogens (tertiary/aromatic N) is 1. The van der Waals surface area contributed by atoms with Crippen molar-refractivity contribution in [2.24, 2.45) is 9.81 Å². The molecule has 6 N–H and O–H groups in total. The highest BCUT2D eigenvalue weighted by molar-refractivity contribution is 8.23. The molecule has 3 aromatic carbocycles. The molecular formula is C33H40N4O8S2. The first-order chi connectivity index (χ1) is 22.0. The number of benzene rings is 3.